The van der Waals surface area contributed by atoms with Crippen LogP contribution in [0.15, 0.2) is 30.3 Å². The van der Waals surface area contributed by atoms with Gasteiger partial charge < -0.3 is 9.30 Å². The molecular formula is C13H15NO. The molecule has 2 heteroatoms. The number of allylic oxidation sites excluding steroid dienone is 1. The third-order valence-corrected chi connectivity index (χ3v) is 2.62. The van der Waals surface area contributed by atoms with Gasteiger partial charge in [-0.2, -0.15) is 0 Å². The summed E-state index contributed by atoms with van der Waals surface area (Å²) in [5.74, 6) is 0.903. The monoisotopic (exact) mass is 201 g/mol. The van der Waals surface area contributed by atoms with E-state index < -0.39 is 0 Å². The average Bonchev–Trinajstić information content (AvgIpc) is 2.56. The van der Waals surface area contributed by atoms with Crippen LogP contribution in [-0.4, -0.2) is 11.7 Å². The van der Waals surface area contributed by atoms with E-state index in [1.165, 1.54) is 16.6 Å². The molecule has 2 nitrogen and oxygen atoms in total. The van der Waals surface area contributed by atoms with Gasteiger partial charge in [0.1, 0.15) is 5.75 Å². The van der Waals surface area contributed by atoms with Crippen LogP contribution < -0.4 is 4.74 Å². The fourth-order valence-corrected chi connectivity index (χ4v) is 1.81. The fraction of sp³-hybridized carbons (Fsp3) is 0.231. The predicted molar refractivity (Wildman–Crippen MR) is 64.2 cm³/mol. The van der Waals surface area contributed by atoms with Crippen LogP contribution in [0.25, 0.3) is 17.0 Å². The number of hydrogen-bond donors (Lipinski definition) is 0. The summed E-state index contributed by atoms with van der Waals surface area (Å²) in [6, 6.07) is 8.29. The van der Waals surface area contributed by atoms with Gasteiger partial charge in [-0.3, -0.25) is 0 Å². The van der Waals surface area contributed by atoms with Crippen molar-refractivity contribution >= 4 is 17.0 Å². The van der Waals surface area contributed by atoms with Gasteiger partial charge in [-0.05, 0) is 37.3 Å². The third kappa shape index (κ3) is 1.63. The van der Waals surface area contributed by atoms with E-state index in [0.29, 0.717) is 0 Å². The average molecular weight is 201 g/mol. The summed E-state index contributed by atoms with van der Waals surface area (Å²) in [7, 11) is 3.76. The van der Waals surface area contributed by atoms with E-state index >= 15 is 0 Å². The molecule has 0 unspecified atom stereocenters. The zero-order valence-electron chi connectivity index (χ0n) is 9.32. The second-order valence-electron chi connectivity index (χ2n) is 3.55. The molecule has 0 aliphatic carbocycles. The minimum absolute atomic E-state index is 0.903. The summed E-state index contributed by atoms with van der Waals surface area (Å²) in [5.41, 5.74) is 2.43. The van der Waals surface area contributed by atoms with Gasteiger partial charge in [-0.15, -0.1) is 0 Å². The number of methoxy groups -OCH3 is 1. The van der Waals surface area contributed by atoms with E-state index in [9.17, 15) is 0 Å². The van der Waals surface area contributed by atoms with Crippen molar-refractivity contribution < 1.29 is 4.74 Å². The number of ether oxygens (including phenoxy) is 1. The molecule has 0 spiro atoms. The van der Waals surface area contributed by atoms with Crippen LogP contribution in [0.5, 0.6) is 5.75 Å². The van der Waals surface area contributed by atoms with Gasteiger partial charge in [0.05, 0.1) is 7.11 Å². The Balaban J connectivity index is 2.65. The topological polar surface area (TPSA) is 14.2 Å². The largest absolute Gasteiger partial charge is 0.497 e. The zero-order valence-corrected chi connectivity index (χ0v) is 9.32. The quantitative estimate of drug-likeness (QED) is 0.727. The minimum atomic E-state index is 0.903. The van der Waals surface area contributed by atoms with E-state index in [1.807, 2.05) is 19.1 Å². The number of nitrogens with zero attached hydrogens (tertiary/aromatic N) is 1. The maximum Gasteiger partial charge on any atom is 0.119 e. The molecule has 1 heterocycles. The molecule has 0 saturated heterocycles. The van der Waals surface area contributed by atoms with Crippen molar-refractivity contribution in [2.75, 3.05) is 7.11 Å². The predicted octanol–water partition coefficient (Wildman–Crippen LogP) is 3.22. The van der Waals surface area contributed by atoms with Crippen LogP contribution >= 0.6 is 0 Å². The highest BCUT2D eigenvalue weighted by molar-refractivity contribution is 5.84. The highest BCUT2D eigenvalue weighted by Crippen LogP contribution is 2.24. The Bertz CT molecular complexity index is 508. The van der Waals surface area contributed by atoms with Crippen molar-refractivity contribution in [1.29, 1.82) is 0 Å². The maximum absolute atomic E-state index is 5.20. The maximum atomic E-state index is 5.20. The Morgan fingerprint density at radius 3 is 2.73 bits per heavy atom. The molecule has 0 N–H and O–H groups in total. The third-order valence-electron chi connectivity index (χ3n) is 2.62. The van der Waals surface area contributed by atoms with Crippen molar-refractivity contribution in [1.82, 2.24) is 4.57 Å². The van der Waals surface area contributed by atoms with Gasteiger partial charge in [0.2, 0.25) is 0 Å². The van der Waals surface area contributed by atoms with E-state index in [2.05, 4.69) is 35.9 Å². The first-order valence-electron chi connectivity index (χ1n) is 5.02. The van der Waals surface area contributed by atoms with Gasteiger partial charge >= 0.3 is 0 Å². The molecule has 0 fully saturated rings. The number of fused-ring (bicyclic) bond motifs is 1. The van der Waals surface area contributed by atoms with Crippen molar-refractivity contribution in [3.8, 4) is 5.75 Å². The number of aryl methyl sites for hydroxylation is 1. The molecule has 0 saturated carbocycles. The molecule has 1 aromatic heterocycles. The van der Waals surface area contributed by atoms with Crippen molar-refractivity contribution in [2.45, 2.75) is 6.92 Å². The van der Waals surface area contributed by atoms with Crippen molar-refractivity contribution in [3.05, 3.63) is 36.0 Å². The number of rotatable bonds is 2. The molecule has 2 aromatic rings. The zero-order chi connectivity index (χ0) is 10.8. The lowest BCUT2D eigenvalue weighted by atomic mass is 10.2. The summed E-state index contributed by atoms with van der Waals surface area (Å²) in [4.78, 5) is 0. The van der Waals surface area contributed by atoms with Crippen LogP contribution in [0.2, 0.25) is 0 Å². The van der Waals surface area contributed by atoms with Crippen LogP contribution in [0.1, 0.15) is 12.6 Å². The van der Waals surface area contributed by atoms with E-state index in [-0.39, 0.29) is 0 Å². The molecule has 1 aromatic carbocycles. The molecular weight excluding hydrogens is 186 g/mol. The summed E-state index contributed by atoms with van der Waals surface area (Å²) in [6.45, 7) is 2.03. The lowest BCUT2D eigenvalue weighted by Crippen LogP contribution is -1.89. The molecule has 78 valence electrons. The molecule has 0 atom stereocenters. The second-order valence-corrected chi connectivity index (χ2v) is 3.55. The Hall–Kier alpha value is -1.70. The van der Waals surface area contributed by atoms with Crippen LogP contribution in [0.4, 0.5) is 0 Å². The molecule has 0 radical (unpaired) electrons. The van der Waals surface area contributed by atoms with E-state index in [1.54, 1.807) is 7.11 Å². The summed E-state index contributed by atoms with van der Waals surface area (Å²) in [6.07, 6.45) is 4.15. The highest BCUT2D eigenvalue weighted by Gasteiger charge is 2.03. The van der Waals surface area contributed by atoms with E-state index in [0.717, 1.165) is 5.75 Å². The van der Waals surface area contributed by atoms with Gasteiger partial charge in [0.15, 0.2) is 0 Å². The van der Waals surface area contributed by atoms with Gasteiger partial charge in [-0.1, -0.05) is 6.08 Å². The van der Waals surface area contributed by atoms with Gasteiger partial charge in [0.25, 0.3) is 0 Å². The first kappa shape index (κ1) is 9.84. The first-order valence-corrected chi connectivity index (χ1v) is 5.02. The number of benzene rings is 1. The smallest absolute Gasteiger partial charge is 0.119 e. The van der Waals surface area contributed by atoms with E-state index in [4.69, 9.17) is 4.74 Å². The Labute approximate surface area is 89.8 Å². The first-order chi connectivity index (χ1) is 7.26. The number of hydrogen-bond acceptors (Lipinski definition) is 1. The fourth-order valence-electron chi connectivity index (χ4n) is 1.81. The van der Waals surface area contributed by atoms with Gasteiger partial charge in [-0.25, -0.2) is 0 Å². The number of aromatic nitrogens is 1. The Morgan fingerprint density at radius 1 is 1.27 bits per heavy atom. The van der Waals surface area contributed by atoms with Crippen molar-refractivity contribution in [3.63, 3.8) is 0 Å². The lowest BCUT2D eigenvalue weighted by molar-refractivity contribution is 0.415. The Morgan fingerprint density at radius 2 is 2.07 bits per heavy atom. The van der Waals surface area contributed by atoms with Gasteiger partial charge in [0, 0.05) is 23.6 Å². The molecule has 0 aliphatic heterocycles. The van der Waals surface area contributed by atoms with Crippen molar-refractivity contribution in [2.24, 2.45) is 7.05 Å². The molecule has 0 bridgehead atoms. The normalized spacial score (nSPS) is 11.4. The summed E-state index contributed by atoms with van der Waals surface area (Å²) < 4.78 is 7.38. The second kappa shape index (κ2) is 3.81. The molecule has 2 rings (SSSR count). The Kier molecular flexibility index (Phi) is 2.50. The van der Waals surface area contributed by atoms with Crippen LogP contribution in [0, 0.1) is 0 Å². The minimum Gasteiger partial charge on any atom is -0.497 e. The summed E-state index contributed by atoms with van der Waals surface area (Å²) in [5, 5.41) is 1.21. The standard InChI is InChI=1S/C13H15NO/c1-4-5-11-8-10-9-12(15-3)6-7-13(10)14(11)2/h4-9H,1-3H3. The van der Waals surface area contributed by atoms with Crippen LogP contribution in [0.3, 0.4) is 0 Å². The molecule has 0 aliphatic rings. The van der Waals surface area contributed by atoms with Crippen LogP contribution in [-0.2, 0) is 7.05 Å². The highest BCUT2D eigenvalue weighted by atomic mass is 16.5. The molecule has 15 heavy (non-hydrogen) atoms. The summed E-state index contributed by atoms with van der Waals surface area (Å²) >= 11 is 0. The SMILES string of the molecule is CC=Cc1cc2cc(OC)ccc2n1C. The lowest BCUT2D eigenvalue weighted by Gasteiger charge is -2.01. The molecule has 0 amide bonds.